The van der Waals surface area contributed by atoms with Gasteiger partial charge in [-0.25, -0.2) is 0 Å². The highest BCUT2D eigenvalue weighted by molar-refractivity contribution is 7.22. The maximum absolute atomic E-state index is 3.78. The first-order valence-corrected chi connectivity index (χ1v) is 3.27. The average molecular weight is 101 g/mol. The first kappa shape index (κ1) is 3.74. The molecule has 32 valence electrons. The average Bonchev–Trinajstić information content (AvgIpc) is 1.86. The third-order valence-corrected chi connectivity index (χ3v) is 1.37. The van der Waals surface area contributed by atoms with Crippen LogP contribution in [0.4, 0.5) is 0 Å². The molecular formula is C3H5N2S+. The fourth-order valence-electron chi connectivity index (χ4n) is 0.244. The lowest BCUT2D eigenvalue weighted by molar-refractivity contribution is 1.15. The predicted octanol–water partition coefficient (Wildman–Crippen LogP) is 0.763. The topological polar surface area (TPSA) is 25.8 Å². The summed E-state index contributed by atoms with van der Waals surface area (Å²) >= 11 is 0. The molecule has 0 aliphatic heterocycles. The van der Waals surface area contributed by atoms with Gasteiger partial charge in [0, 0.05) is 0 Å². The van der Waals surface area contributed by atoms with Crippen LogP contribution in [0.1, 0.15) is 0 Å². The van der Waals surface area contributed by atoms with Gasteiger partial charge in [0.25, 0.3) is 0 Å². The van der Waals surface area contributed by atoms with E-state index in [0.29, 0.717) is 0 Å². The van der Waals surface area contributed by atoms with Crippen LogP contribution in [0.25, 0.3) is 0 Å². The van der Waals surface area contributed by atoms with E-state index in [-0.39, 0.29) is 10.7 Å². The molecule has 0 N–H and O–H groups in total. The van der Waals surface area contributed by atoms with Crippen molar-refractivity contribution in [1.82, 2.24) is 9.59 Å². The van der Waals surface area contributed by atoms with Crippen LogP contribution in [-0.4, -0.2) is 9.59 Å². The summed E-state index contributed by atoms with van der Waals surface area (Å²) in [6.45, 7) is 0. The van der Waals surface area contributed by atoms with Gasteiger partial charge in [-0.3, -0.25) is 0 Å². The summed E-state index contributed by atoms with van der Waals surface area (Å²) in [6.07, 6.45) is 3.75. The monoisotopic (exact) mass is 101 g/mol. The van der Waals surface area contributed by atoms with Gasteiger partial charge >= 0.3 is 0 Å². The second-order valence-corrected chi connectivity index (χ2v) is 2.49. The molecule has 0 spiro atoms. The Morgan fingerprint density at radius 2 is 2.50 bits per heavy atom. The normalized spacial score (nSPS) is 11.8. The van der Waals surface area contributed by atoms with Crippen LogP contribution in [-0.2, 0) is 6.26 Å². The highest BCUT2D eigenvalue weighted by Crippen LogP contribution is 1.99. The Kier molecular flexibility index (Phi) is 0.837. The van der Waals surface area contributed by atoms with Gasteiger partial charge in [0.2, 0.25) is 0 Å². The third-order valence-electron chi connectivity index (χ3n) is 0.500. The molecule has 0 radical (unpaired) electrons. The first-order valence-electron chi connectivity index (χ1n) is 1.62. The molecule has 0 saturated carbocycles. The fourth-order valence-corrected chi connectivity index (χ4v) is 0.732. The van der Waals surface area contributed by atoms with Crippen molar-refractivity contribution >= 4 is 10.7 Å². The molecule has 3 heteroatoms. The number of nitrogens with zero attached hydrogens (tertiary/aromatic N) is 2. The van der Waals surface area contributed by atoms with Crippen molar-refractivity contribution < 1.29 is 0 Å². The van der Waals surface area contributed by atoms with Gasteiger partial charge in [0.1, 0.15) is 23.1 Å². The Labute approximate surface area is 39.0 Å². The third kappa shape index (κ3) is 0.542. The van der Waals surface area contributed by atoms with Crippen molar-refractivity contribution in [3.05, 3.63) is 11.6 Å². The Morgan fingerprint density at radius 3 is 2.67 bits per heavy atom. The van der Waals surface area contributed by atoms with E-state index in [4.69, 9.17) is 0 Å². The largest absolute Gasteiger partial charge is 0.184 e. The molecule has 0 aromatic carbocycles. The second-order valence-electron chi connectivity index (χ2n) is 1.01. The van der Waals surface area contributed by atoms with Crippen LogP contribution in [0, 0.1) is 0 Å². The predicted molar refractivity (Wildman–Crippen MR) is 25.5 cm³/mol. The molecule has 1 atom stereocenters. The Balaban J connectivity index is 3.05. The van der Waals surface area contributed by atoms with Gasteiger partial charge in [-0.2, -0.15) is 0 Å². The SMILES string of the molecule is C[s+]1ccnn1. The highest BCUT2D eigenvalue weighted by Gasteiger charge is 1.88. The Bertz CT molecular complexity index is 112. The summed E-state index contributed by atoms with van der Waals surface area (Å²) in [7, 11) is 0.105. The summed E-state index contributed by atoms with van der Waals surface area (Å²) in [5.74, 6) is 0. The zero-order valence-corrected chi connectivity index (χ0v) is 4.27. The molecule has 0 bridgehead atoms. The van der Waals surface area contributed by atoms with Gasteiger partial charge in [-0.1, -0.05) is 0 Å². The number of hydrogen-bond donors (Lipinski definition) is 0. The molecule has 1 aromatic heterocycles. The lowest BCUT2D eigenvalue weighted by Crippen LogP contribution is -1.56. The van der Waals surface area contributed by atoms with Crippen molar-refractivity contribution in [1.29, 1.82) is 0 Å². The van der Waals surface area contributed by atoms with Crippen molar-refractivity contribution in [2.24, 2.45) is 6.26 Å². The van der Waals surface area contributed by atoms with Gasteiger partial charge in [-0.15, -0.1) is 5.10 Å². The van der Waals surface area contributed by atoms with Crippen molar-refractivity contribution in [2.45, 2.75) is 0 Å². The van der Waals surface area contributed by atoms with Crippen LogP contribution < -0.4 is 0 Å². The van der Waals surface area contributed by atoms with Crippen molar-refractivity contribution in [3.63, 3.8) is 0 Å². The molecule has 6 heavy (non-hydrogen) atoms. The molecule has 0 aliphatic rings. The number of aromatic nitrogens is 2. The van der Waals surface area contributed by atoms with Gasteiger partial charge in [0.05, 0.1) is 4.49 Å². The molecule has 1 heterocycles. The van der Waals surface area contributed by atoms with Crippen LogP contribution in [0.2, 0.25) is 0 Å². The van der Waals surface area contributed by atoms with E-state index in [1.807, 2.05) is 11.6 Å². The zero-order valence-electron chi connectivity index (χ0n) is 3.46. The summed E-state index contributed by atoms with van der Waals surface area (Å²) in [5, 5.41) is 5.59. The van der Waals surface area contributed by atoms with E-state index < -0.39 is 0 Å². The lowest BCUT2D eigenvalue weighted by Gasteiger charge is -1.50. The second kappa shape index (κ2) is 1.34. The van der Waals surface area contributed by atoms with E-state index in [9.17, 15) is 0 Å². The van der Waals surface area contributed by atoms with Crippen LogP contribution in [0.15, 0.2) is 11.6 Å². The van der Waals surface area contributed by atoms with Crippen molar-refractivity contribution in [3.8, 4) is 0 Å². The zero-order chi connectivity index (χ0) is 4.41. The van der Waals surface area contributed by atoms with E-state index in [2.05, 4.69) is 9.59 Å². The molecule has 0 saturated heterocycles. The first-order chi connectivity index (χ1) is 2.89. The van der Waals surface area contributed by atoms with Gasteiger partial charge in [-0.05, 0) is 0 Å². The molecule has 0 aliphatic carbocycles. The van der Waals surface area contributed by atoms with Gasteiger partial charge < -0.3 is 0 Å². The quantitative estimate of drug-likeness (QED) is 0.451. The smallest absolute Gasteiger partial charge is 0.105 e. The fraction of sp³-hybridized carbons (Fsp3) is 0.333. The standard InChI is InChI=1S/C3H5N2S/c1-6-3-2-4-5-6/h2-3H,1H3/q+1. The summed E-state index contributed by atoms with van der Waals surface area (Å²) in [6, 6.07) is 0. The maximum Gasteiger partial charge on any atom is 0.184 e. The van der Waals surface area contributed by atoms with Crippen LogP contribution >= 0.6 is 10.7 Å². The van der Waals surface area contributed by atoms with E-state index in [0.717, 1.165) is 0 Å². The summed E-state index contributed by atoms with van der Waals surface area (Å²) < 4.78 is 3.78. The molecule has 1 unspecified atom stereocenters. The maximum atomic E-state index is 3.78. The molecular weight excluding hydrogens is 96.1 g/mol. The minimum Gasteiger partial charge on any atom is -0.105 e. The molecule has 1 aromatic rings. The van der Waals surface area contributed by atoms with Crippen LogP contribution in [0.3, 0.4) is 0 Å². The van der Waals surface area contributed by atoms with Crippen LogP contribution in [0.5, 0.6) is 0 Å². The van der Waals surface area contributed by atoms with Gasteiger partial charge in [0.15, 0.2) is 5.38 Å². The summed E-state index contributed by atoms with van der Waals surface area (Å²) in [4.78, 5) is 0. The number of aryl methyl sites for hydroxylation is 1. The number of hydrogen-bond acceptors (Lipinski definition) is 2. The highest BCUT2D eigenvalue weighted by atomic mass is 32.2. The van der Waals surface area contributed by atoms with E-state index in [1.54, 1.807) is 6.20 Å². The van der Waals surface area contributed by atoms with E-state index in [1.165, 1.54) is 0 Å². The molecule has 1 rings (SSSR count). The molecule has 0 amide bonds. The molecule has 2 nitrogen and oxygen atoms in total. The minimum absolute atomic E-state index is 0.105. The van der Waals surface area contributed by atoms with E-state index >= 15 is 0 Å². The Hall–Kier alpha value is -0.440. The minimum atomic E-state index is 0.105. The summed E-state index contributed by atoms with van der Waals surface area (Å²) in [5.41, 5.74) is 0. The Morgan fingerprint density at radius 1 is 1.67 bits per heavy atom. The molecule has 0 fully saturated rings. The van der Waals surface area contributed by atoms with Crippen molar-refractivity contribution in [2.75, 3.05) is 0 Å². The number of rotatable bonds is 0. The lowest BCUT2D eigenvalue weighted by atomic mass is 11.1.